The van der Waals surface area contributed by atoms with E-state index in [2.05, 4.69) is 53.2 Å². The molecular formula is C72H94N20O16. The predicted molar refractivity (Wildman–Crippen MR) is 383 cm³/mol. The lowest BCUT2D eigenvalue weighted by atomic mass is 9.87. The molecule has 12 aliphatic rings. The molecule has 12 heterocycles. The van der Waals surface area contributed by atoms with Gasteiger partial charge >= 0.3 is 0 Å². The second kappa shape index (κ2) is 28.8. The number of rotatable bonds is 5. The molecule has 0 saturated carbocycles. The number of carbonyl (C=O) groups is 12. The molecule has 36 nitrogen and oxygen atoms in total. The fourth-order valence-electron chi connectivity index (χ4n) is 17.2. The second-order valence-electron chi connectivity index (χ2n) is 30.5. The number of nitrogens with zero attached hydrogens (tertiary/aromatic N) is 12. The quantitative estimate of drug-likeness (QED) is 0.153. The van der Waals surface area contributed by atoms with Crippen LogP contribution < -0.4 is 43.0 Å². The van der Waals surface area contributed by atoms with Gasteiger partial charge in [0.1, 0.15) is 95.5 Å². The van der Waals surface area contributed by atoms with Crippen LogP contribution in [0.15, 0.2) is 70.3 Å². The van der Waals surface area contributed by atoms with Gasteiger partial charge in [-0.1, -0.05) is 45.9 Å². The average molecular weight is 1500 g/mol. The number of aliphatic hydroxyl groups is 2. The molecule has 12 aliphatic heterocycles. The Morgan fingerprint density at radius 1 is 0.444 bits per heavy atom. The van der Waals surface area contributed by atoms with Crippen LogP contribution in [-0.2, 0) is 78.2 Å². The largest absolute Gasteiger partial charge is 0.495 e. The van der Waals surface area contributed by atoms with Crippen LogP contribution in [0.4, 0.5) is 11.4 Å². The molecule has 36 heteroatoms. The first-order chi connectivity index (χ1) is 51.5. The van der Waals surface area contributed by atoms with Gasteiger partial charge in [0.15, 0.2) is 12.1 Å². The van der Waals surface area contributed by atoms with E-state index in [0.717, 1.165) is 39.9 Å². The summed E-state index contributed by atoms with van der Waals surface area (Å²) in [7, 11) is 5.51. The number of allylic oxidation sites excluding steroid dienone is 2. The third-order valence-electron chi connectivity index (χ3n) is 23.5. The minimum Gasteiger partial charge on any atom is -0.495 e. The van der Waals surface area contributed by atoms with E-state index in [4.69, 9.17) is 9.47 Å². The fourth-order valence-corrected chi connectivity index (χ4v) is 17.2. The Morgan fingerprint density at radius 3 is 1.22 bits per heavy atom. The van der Waals surface area contributed by atoms with Crippen LogP contribution in [-0.4, -0.2) is 283 Å². The number of carbonyl (C=O) groups excluding carboxylic acids is 12. The second-order valence-corrected chi connectivity index (χ2v) is 30.5. The van der Waals surface area contributed by atoms with Crippen molar-refractivity contribution < 1.29 is 77.2 Å². The highest BCUT2D eigenvalue weighted by Gasteiger charge is 2.64. The topological polar surface area (TPSA) is 417 Å². The third-order valence-corrected chi connectivity index (χ3v) is 23.5. The van der Waals surface area contributed by atoms with E-state index in [1.54, 1.807) is 64.1 Å². The number of hydrazone groups is 2. The molecule has 0 unspecified atom stereocenters. The Bertz CT molecular complexity index is 4230. The molecule has 14 rings (SSSR count). The van der Waals surface area contributed by atoms with Crippen molar-refractivity contribution >= 4 is 94.7 Å². The van der Waals surface area contributed by atoms with Gasteiger partial charge in [-0.3, -0.25) is 77.6 Å². The number of amides is 12. The van der Waals surface area contributed by atoms with E-state index in [9.17, 15) is 34.2 Å². The molecule has 0 aromatic heterocycles. The number of benzene rings is 2. The van der Waals surface area contributed by atoms with Crippen molar-refractivity contribution in [2.45, 2.75) is 202 Å². The van der Waals surface area contributed by atoms with Crippen LogP contribution in [0.2, 0.25) is 0 Å². The van der Waals surface area contributed by atoms with Gasteiger partial charge in [0.2, 0.25) is 23.6 Å². The minimum atomic E-state index is -2.05. The van der Waals surface area contributed by atoms with E-state index >= 15 is 33.6 Å². The molecule has 16 atom stereocenters. The Labute approximate surface area is 622 Å². The first-order valence-corrected chi connectivity index (χ1v) is 37.1. The molecule has 8 fully saturated rings. The van der Waals surface area contributed by atoms with Gasteiger partial charge < -0.3 is 60.6 Å². The third kappa shape index (κ3) is 12.4. The van der Waals surface area contributed by atoms with Crippen molar-refractivity contribution in [1.82, 2.24) is 82.0 Å². The van der Waals surface area contributed by atoms with E-state index in [1.807, 2.05) is 0 Å². The summed E-state index contributed by atoms with van der Waals surface area (Å²) < 4.78 is 10.9. The first-order valence-electron chi connectivity index (χ1n) is 37.1. The minimum absolute atomic E-state index is 0.0842. The van der Waals surface area contributed by atoms with Crippen molar-refractivity contribution in [1.29, 1.82) is 0 Å². The molecule has 10 N–H and O–H groups in total. The van der Waals surface area contributed by atoms with E-state index in [-0.39, 0.29) is 74.5 Å². The summed E-state index contributed by atoms with van der Waals surface area (Å²) in [6, 6.07) is -5.91. The highest BCUT2D eigenvalue weighted by atomic mass is 16.5. The zero-order valence-corrected chi connectivity index (χ0v) is 61.9. The number of likely N-dealkylation sites (N-methyl/N-ethyl adjacent to an activating group) is 2. The fraction of sp³-hybridized carbons (Fsp3) is 0.583. The van der Waals surface area contributed by atoms with E-state index in [0.29, 0.717) is 48.2 Å². The predicted octanol–water partition coefficient (Wildman–Crippen LogP) is -2.13. The highest BCUT2D eigenvalue weighted by Crippen LogP contribution is 2.54. The van der Waals surface area contributed by atoms with Gasteiger partial charge in [0.25, 0.3) is 47.3 Å². The maximum absolute atomic E-state index is 15.9. The summed E-state index contributed by atoms with van der Waals surface area (Å²) in [5, 5.41) is 54.6. The van der Waals surface area contributed by atoms with Crippen LogP contribution in [0.1, 0.15) is 117 Å². The van der Waals surface area contributed by atoms with E-state index < -0.39 is 192 Å². The molecule has 12 amide bonds. The Hall–Kier alpha value is -10.1. The molecule has 0 aliphatic carbocycles. The van der Waals surface area contributed by atoms with Crippen molar-refractivity contribution in [3.05, 3.63) is 71.2 Å². The molecule has 2 aromatic carbocycles. The van der Waals surface area contributed by atoms with Gasteiger partial charge in [-0.25, -0.2) is 31.7 Å². The van der Waals surface area contributed by atoms with Crippen molar-refractivity contribution in [2.75, 3.05) is 65.1 Å². The van der Waals surface area contributed by atoms with Crippen LogP contribution in [0.3, 0.4) is 0 Å². The van der Waals surface area contributed by atoms with Gasteiger partial charge in [-0.15, -0.1) is 0 Å². The number of methoxy groups -OCH3 is 2. The summed E-state index contributed by atoms with van der Waals surface area (Å²) in [5.41, 5.74) is 10.5. The Morgan fingerprint density at radius 2 is 0.815 bits per heavy atom. The maximum Gasteiger partial charge on any atom is 0.268 e. The molecular weight excluding hydrogens is 1400 g/mol. The SMILES string of the molecule is COC1=C[C@@H]2C(=O)N(C)[C@@H](C)C(=O)N3NCCC[C@H]3C(=O)N3[C@H](C[C@@]4(O)c5cc(-c6ccc7c(c6)N[C@@H]6N8C(=O)[C@@H]9CCCNN9C(=O)[C@H](C)N(C)C(=O)[C@@H]9C=C(OC)C=NN9C(=O)[C@H]9CCCNN9C(=O)[C@@H](C(C)C)NC(=O)[C@@H]8C[C@]76O)ccc5N[C@@H]34)C(=O)N[C@H](C(C)C)C(=O)N3NCCC[C@@H]3C(=O)N2N=C1. The number of anilines is 2. The summed E-state index contributed by atoms with van der Waals surface area (Å²) in [5.74, 6) is -9.72. The summed E-state index contributed by atoms with van der Waals surface area (Å²) in [6.45, 7) is 10.8. The number of nitrogens with one attached hydrogen (secondary N) is 8. The Balaban J connectivity index is 0.795. The number of fused-ring (bicyclic) bond motifs is 16. The molecule has 8 saturated heterocycles. The zero-order valence-electron chi connectivity index (χ0n) is 61.9. The smallest absolute Gasteiger partial charge is 0.268 e. The van der Waals surface area contributed by atoms with Crippen molar-refractivity contribution in [2.24, 2.45) is 22.0 Å². The first kappa shape index (κ1) is 74.7. The molecule has 578 valence electrons. The van der Waals surface area contributed by atoms with E-state index in [1.165, 1.54) is 76.5 Å². The number of ether oxygens (including phenoxy) is 2. The summed E-state index contributed by atoms with van der Waals surface area (Å²) in [4.78, 5) is 187. The highest BCUT2D eigenvalue weighted by molar-refractivity contribution is 6.03. The average Bonchev–Trinajstić information content (AvgIpc) is 1.55. The summed E-state index contributed by atoms with van der Waals surface area (Å²) >= 11 is 0. The monoisotopic (exact) mass is 1490 g/mol. The Kier molecular flexibility index (Phi) is 19.9. The normalized spacial score (nSPS) is 33.7. The van der Waals surface area contributed by atoms with Crippen LogP contribution in [0, 0.1) is 11.8 Å². The number of hydrogen-bond donors (Lipinski definition) is 10. The number of hydrazine groups is 4. The molecule has 0 radical (unpaired) electrons. The van der Waals surface area contributed by atoms with Crippen LogP contribution >= 0.6 is 0 Å². The standard InChI is InChI=1S/C72H94N20O16/c1-35(2)55-67(103)89-49(17-13-25-75-89)65(101)91-51(29-41(107-9)33-77-91)61(97)83(7)37(5)59(95)87-47(15-11-23-73-87)63(99)85-53(57(93)81-55)31-71(105)43-21-19-40(28-46(43)80-69(71)85)39-20-22-45-44(27-39)72(106)32-54-58(94)82-56(36(3)4)68(104)90-50(18-14-26-76-90)66(102)92-52(30-42(108-10)34-78-92)62(98)84(8)38(6)60(96)88-48(16-12-24-74-88)64(100)86(54)70(72)79-45/h19-22,27-30,33-38,47-56,69-70,73-76,79-80,105-106H,11-18,23-26,31-32H2,1-10H3,(H,81,93)(H,82,94)/t37-,38-,47-,48-,49+,50+,51-,52+,53-,54+,55+,56+,69+,70-,71-,72+/m0/s1. The van der Waals surface area contributed by atoms with Gasteiger partial charge in [0.05, 0.1) is 26.6 Å². The lowest BCUT2D eigenvalue weighted by Crippen LogP contribution is -2.67. The molecule has 0 spiro atoms. The van der Waals surface area contributed by atoms with Crippen LogP contribution in [0.25, 0.3) is 11.1 Å². The zero-order chi connectivity index (χ0) is 77.0. The van der Waals surface area contributed by atoms with Gasteiger partial charge in [-0.05, 0) is 119 Å². The van der Waals surface area contributed by atoms with Crippen molar-refractivity contribution in [3.63, 3.8) is 0 Å². The lowest BCUT2D eigenvalue weighted by molar-refractivity contribution is -0.162. The van der Waals surface area contributed by atoms with Gasteiger partial charge in [-0.2, -0.15) is 10.2 Å². The van der Waals surface area contributed by atoms with Crippen molar-refractivity contribution in [3.8, 4) is 11.1 Å². The molecule has 0 bridgehead atoms. The summed E-state index contributed by atoms with van der Waals surface area (Å²) in [6.07, 6.45) is 3.83. The van der Waals surface area contributed by atoms with Gasteiger partial charge in [0, 0.05) is 75.6 Å². The molecule has 108 heavy (non-hydrogen) atoms. The molecule has 2 aromatic rings. The van der Waals surface area contributed by atoms with Crippen LogP contribution in [0.5, 0.6) is 0 Å². The maximum atomic E-state index is 15.9. The number of hydrogen-bond acceptors (Lipinski definition) is 24. The lowest BCUT2D eigenvalue weighted by Gasteiger charge is -2.43.